The molecular formula is C28H33F2N3O6S. The summed E-state index contributed by atoms with van der Waals surface area (Å²) in [6.07, 6.45) is -0.639. The molecule has 2 aromatic carbocycles. The van der Waals surface area contributed by atoms with E-state index in [1.807, 2.05) is 0 Å². The third-order valence-corrected chi connectivity index (χ3v) is 7.79. The highest BCUT2D eigenvalue weighted by atomic mass is 32.1. The number of benzene rings is 2. The highest BCUT2D eigenvalue weighted by Gasteiger charge is 2.44. The summed E-state index contributed by atoms with van der Waals surface area (Å²) in [5.41, 5.74) is 0.0676. The van der Waals surface area contributed by atoms with Crippen molar-refractivity contribution in [1.82, 2.24) is 10.3 Å². The highest BCUT2D eigenvalue weighted by molar-refractivity contribution is 7.18. The molecule has 0 saturated carbocycles. The fraction of sp³-hybridized carbons (Fsp3) is 0.464. The number of carbonyl (C=O) groups excluding carboxylic acids is 2. The fourth-order valence-corrected chi connectivity index (χ4v) is 5.64. The number of aromatic nitrogens is 1. The first-order valence-electron chi connectivity index (χ1n) is 12.8. The lowest BCUT2D eigenvalue weighted by molar-refractivity contribution is -0.870. The molecule has 1 aromatic heterocycles. The molecule has 1 amide bonds. The lowest BCUT2D eigenvalue weighted by Crippen LogP contribution is -2.45. The summed E-state index contributed by atoms with van der Waals surface area (Å²) in [5.74, 6) is -2.98. The number of quaternary nitrogens is 1. The Hall–Kier alpha value is -3.35. The van der Waals surface area contributed by atoms with Crippen molar-refractivity contribution in [2.24, 2.45) is 5.41 Å². The zero-order valence-corrected chi connectivity index (χ0v) is 23.8. The van der Waals surface area contributed by atoms with Gasteiger partial charge in [0.05, 0.1) is 63.6 Å². The molecule has 216 valence electrons. The molecule has 0 aliphatic heterocycles. The van der Waals surface area contributed by atoms with Gasteiger partial charge in [0.1, 0.15) is 18.2 Å². The molecule has 0 saturated heterocycles. The summed E-state index contributed by atoms with van der Waals surface area (Å²) in [6, 6.07) is 5.61. The molecule has 1 heterocycles. The van der Waals surface area contributed by atoms with Gasteiger partial charge in [0.2, 0.25) is 5.91 Å². The van der Waals surface area contributed by atoms with E-state index in [1.165, 1.54) is 11.3 Å². The molecule has 0 spiro atoms. The summed E-state index contributed by atoms with van der Waals surface area (Å²) in [7, 11) is 7.83. The van der Waals surface area contributed by atoms with Crippen LogP contribution in [0.5, 0.6) is 11.5 Å². The zero-order valence-electron chi connectivity index (χ0n) is 23.0. The molecule has 9 nitrogen and oxygen atoms in total. The zero-order chi connectivity index (χ0) is 29.1. The Morgan fingerprint density at radius 1 is 1.05 bits per heavy atom. The van der Waals surface area contributed by atoms with Crippen molar-refractivity contribution >= 4 is 33.4 Å². The number of hydrogen-bond donors (Lipinski definition) is 1. The average molecular weight is 578 g/mol. The first-order chi connectivity index (χ1) is 18.9. The minimum absolute atomic E-state index is 0.0316. The van der Waals surface area contributed by atoms with E-state index < -0.39 is 35.3 Å². The lowest BCUT2D eigenvalue weighted by atomic mass is 9.80. The normalized spacial score (nSPS) is 14.2. The minimum Gasteiger partial charge on any atom is -0.550 e. The molecule has 0 unspecified atom stereocenters. The van der Waals surface area contributed by atoms with Crippen molar-refractivity contribution in [2.45, 2.75) is 25.8 Å². The maximum absolute atomic E-state index is 13.8. The Bertz CT molecular complexity index is 1370. The predicted molar refractivity (Wildman–Crippen MR) is 143 cm³/mol. The number of hydrogen-bond acceptors (Lipinski definition) is 8. The second-order valence-electron chi connectivity index (χ2n) is 11.0. The smallest absolute Gasteiger partial charge is 0.227 e. The van der Waals surface area contributed by atoms with Crippen LogP contribution in [0.4, 0.5) is 8.78 Å². The number of amides is 1. The number of thiazole rings is 1. The monoisotopic (exact) mass is 577 g/mol. The van der Waals surface area contributed by atoms with Gasteiger partial charge < -0.3 is 33.9 Å². The number of fused-ring (bicyclic) bond motifs is 2. The van der Waals surface area contributed by atoms with E-state index in [0.29, 0.717) is 53.0 Å². The maximum Gasteiger partial charge on any atom is 0.227 e. The number of nitrogens with zero attached hydrogens (tertiary/aromatic N) is 2. The van der Waals surface area contributed by atoms with Gasteiger partial charge in [-0.2, -0.15) is 0 Å². The van der Waals surface area contributed by atoms with E-state index in [1.54, 1.807) is 19.2 Å². The van der Waals surface area contributed by atoms with Crippen molar-refractivity contribution in [3.8, 4) is 11.5 Å². The van der Waals surface area contributed by atoms with Crippen molar-refractivity contribution in [2.75, 3.05) is 54.6 Å². The first-order valence-corrected chi connectivity index (χ1v) is 13.6. The molecule has 1 aliphatic rings. The summed E-state index contributed by atoms with van der Waals surface area (Å²) in [6.45, 7) is 2.31. The molecule has 3 aromatic rings. The van der Waals surface area contributed by atoms with E-state index in [9.17, 15) is 23.5 Å². The molecule has 1 aliphatic carbocycles. The summed E-state index contributed by atoms with van der Waals surface area (Å²) < 4.78 is 46.1. The van der Waals surface area contributed by atoms with Crippen LogP contribution in [0, 0.1) is 17.0 Å². The average Bonchev–Trinajstić information content (AvgIpc) is 3.43. The second kappa shape index (κ2) is 12.0. The van der Waals surface area contributed by atoms with Crippen molar-refractivity contribution in [3.63, 3.8) is 0 Å². The quantitative estimate of drug-likeness (QED) is 0.245. The molecule has 12 heteroatoms. The Balaban J connectivity index is 1.41. The van der Waals surface area contributed by atoms with Crippen LogP contribution in [0.25, 0.3) is 10.2 Å². The van der Waals surface area contributed by atoms with E-state index >= 15 is 0 Å². The second-order valence-corrected chi connectivity index (χ2v) is 12.1. The van der Waals surface area contributed by atoms with Gasteiger partial charge in [-0.05, 0) is 36.1 Å². The largest absolute Gasteiger partial charge is 0.550 e. The SMILES string of the molecule is COc1cc2sc(CNC(=O)C3(CC(=O)[O-])Cc4cc(F)c(F)cc4C3)nc2cc1OCCOCC[N+](C)(C)C. The van der Waals surface area contributed by atoms with Crippen LogP contribution >= 0.6 is 11.3 Å². The van der Waals surface area contributed by atoms with Gasteiger partial charge in [0.25, 0.3) is 0 Å². The van der Waals surface area contributed by atoms with E-state index in [0.717, 1.165) is 27.9 Å². The molecular weight excluding hydrogens is 544 g/mol. The number of methoxy groups -OCH3 is 1. The number of aliphatic carboxylic acids is 1. The molecule has 0 fully saturated rings. The van der Waals surface area contributed by atoms with Crippen LogP contribution in [0.1, 0.15) is 22.6 Å². The van der Waals surface area contributed by atoms with Gasteiger partial charge in [0, 0.05) is 24.5 Å². The van der Waals surface area contributed by atoms with Gasteiger partial charge >= 0.3 is 0 Å². The molecule has 0 radical (unpaired) electrons. The van der Waals surface area contributed by atoms with E-state index in [2.05, 4.69) is 31.4 Å². The standard InChI is InChI=1S/C28H33F2N3O6S/c1-33(2,3)5-6-38-7-8-39-23-11-21-24(12-22(23)37-4)40-25(32-21)16-31-27(36)28(15-26(34)35)13-17-9-19(29)20(30)10-18(17)14-28/h9-12H,5-8,13-16H2,1-4H3,(H-,31,34,35,36). The van der Waals surface area contributed by atoms with Gasteiger partial charge in [-0.1, -0.05) is 0 Å². The number of carbonyl (C=O) groups is 2. The van der Waals surface area contributed by atoms with E-state index in [4.69, 9.17) is 14.2 Å². The summed E-state index contributed by atoms with van der Waals surface area (Å²) >= 11 is 1.35. The Labute approximate surface area is 235 Å². The molecule has 0 atom stereocenters. The third kappa shape index (κ3) is 7.04. The summed E-state index contributed by atoms with van der Waals surface area (Å²) in [5, 5.41) is 14.9. The molecule has 40 heavy (non-hydrogen) atoms. The highest BCUT2D eigenvalue weighted by Crippen LogP contribution is 2.41. The Kier molecular flexibility index (Phi) is 8.91. The van der Waals surface area contributed by atoms with Gasteiger partial charge in [0.15, 0.2) is 23.1 Å². The van der Waals surface area contributed by atoms with Crippen LogP contribution in [0.3, 0.4) is 0 Å². The van der Waals surface area contributed by atoms with Crippen molar-refractivity contribution < 1.29 is 42.2 Å². The van der Waals surface area contributed by atoms with Crippen LogP contribution in [-0.2, 0) is 33.7 Å². The number of carboxylic acids is 1. The minimum atomic E-state index is -1.41. The number of likely N-dealkylation sites (N-methyl/N-ethyl adjacent to an activating group) is 1. The molecule has 0 bridgehead atoms. The molecule has 4 rings (SSSR count). The number of nitrogens with one attached hydrogen (secondary N) is 1. The summed E-state index contributed by atoms with van der Waals surface area (Å²) in [4.78, 5) is 29.4. The first kappa shape index (κ1) is 29.6. The van der Waals surface area contributed by atoms with Crippen LogP contribution in [-0.4, -0.2) is 76.0 Å². The number of ether oxygens (including phenoxy) is 3. The van der Waals surface area contributed by atoms with Crippen molar-refractivity contribution in [1.29, 1.82) is 0 Å². The number of halogens is 2. The van der Waals surface area contributed by atoms with E-state index in [-0.39, 0.29) is 19.4 Å². The number of carboxylic acid groups (broad SMARTS) is 1. The lowest BCUT2D eigenvalue weighted by Gasteiger charge is -2.28. The van der Waals surface area contributed by atoms with Crippen molar-refractivity contribution in [3.05, 3.63) is 52.0 Å². The number of rotatable bonds is 13. The third-order valence-electron chi connectivity index (χ3n) is 6.77. The Morgan fingerprint density at radius 3 is 2.33 bits per heavy atom. The van der Waals surface area contributed by atoms with Crippen LogP contribution in [0.15, 0.2) is 24.3 Å². The van der Waals surface area contributed by atoms with Gasteiger partial charge in [-0.25, -0.2) is 13.8 Å². The van der Waals surface area contributed by atoms with Crippen LogP contribution in [0.2, 0.25) is 0 Å². The topological polar surface area (TPSA) is 110 Å². The predicted octanol–water partition coefficient (Wildman–Crippen LogP) is 2.23. The maximum atomic E-state index is 13.8. The Morgan fingerprint density at radius 2 is 1.73 bits per heavy atom. The van der Waals surface area contributed by atoms with Gasteiger partial charge in [-0.15, -0.1) is 11.3 Å². The van der Waals surface area contributed by atoms with Gasteiger partial charge in [-0.3, -0.25) is 4.79 Å². The molecule has 1 N–H and O–H groups in total. The van der Waals surface area contributed by atoms with Crippen LogP contribution < -0.4 is 19.9 Å². The fourth-order valence-electron chi connectivity index (χ4n) is 4.72.